The van der Waals surface area contributed by atoms with Crippen LogP contribution in [0.3, 0.4) is 0 Å². The number of para-hydroxylation sites is 1. The van der Waals surface area contributed by atoms with Gasteiger partial charge in [0.25, 0.3) is 0 Å². The summed E-state index contributed by atoms with van der Waals surface area (Å²) in [5.41, 5.74) is 1.24. The van der Waals surface area contributed by atoms with Gasteiger partial charge in [-0.15, -0.1) is 11.8 Å². The first-order valence-electron chi connectivity index (χ1n) is 5.20. The number of hydrogen-bond acceptors (Lipinski definition) is 3. The Morgan fingerprint density at radius 1 is 1.00 bits per heavy atom. The van der Waals surface area contributed by atoms with Crippen molar-refractivity contribution in [3.63, 3.8) is 0 Å². The molecule has 2 aromatic rings. The summed E-state index contributed by atoms with van der Waals surface area (Å²) < 4.78 is 4.80. The monoisotopic (exact) mass is 243 g/mol. The average molecular weight is 243 g/mol. The van der Waals surface area contributed by atoms with Gasteiger partial charge in [-0.2, -0.15) is 0 Å². The minimum absolute atomic E-state index is 0.559. The maximum atomic E-state index is 10.2. The molecule has 0 aliphatic heterocycles. The van der Waals surface area contributed by atoms with Crippen LogP contribution in [0.5, 0.6) is 5.75 Å². The van der Waals surface area contributed by atoms with Crippen molar-refractivity contribution >= 4 is 18.2 Å². The number of benzene rings is 2. The van der Waals surface area contributed by atoms with Crippen LogP contribution in [0.2, 0.25) is 0 Å². The second-order valence-electron chi connectivity index (χ2n) is 3.41. The molecule has 0 amide bonds. The Kier molecular flexibility index (Phi) is 4.22. The number of carbonyl (C=O) groups excluding carboxylic acids is 1. The highest BCUT2D eigenvalue weighted by atomic mass is 32.2. The molecule has 0 spiro atoms. The molecule has 0 bridgehead atoms. The van der Waals surface area contributed by atoms with Gasteiger partial charge in [0.15, 0.2) is 0 Å². The van der Waals surface area contributed by atoms with E-state index in [1.54, 1.807) is 17.8 Å². The highest BCUT2D eigenvalue weighted by Crippen LogP contribution is 2.31. The molecule has 0 atom stereocenters. The summed E-state index contributed by atoms with van der Waals surface area (Å²) in [4.78, 5) is 11.2. The van der Waals surface area contributed by atoms with E-state index in [1.165, 1.54) is 12.0 Å². The first kappa shape index (κ1) is 11.7. The highest BCUT2D eigenvalue weighted by molar-refractivity contribution is 7.98. The zero-order valence-corrected chi connectivity index (χ0v) is 9.94. The van der Waals surface area contributed by atoms with E-state index in [0.29, 0.717) is 5.75 Å². The Morgan fingerprint density at radius 3 is 2.47 bits per heavy atom. The molecule has 0 saturated heterocycles. The predicted molar refractivity (Wildman–Crippen MR) is 68.8 cm³/mol. The van der Waals surface area contributed by atoms with Crippen LogP contribution in [0.4, 0.5) is 0 Å². The third-order valence-corrected chi connectivity index (χ3v) is 3.36. The van der Waals surface area contributed by atoms with Crippen LogP contribution in [0.1, 0.15) is 5.56 Å². The van der Waals surface area contributed by atoms with Gasteiger partial charge in [-0.1, -0.05) is 42.5 Å². The molecular weight excluding hydrogens is 232 g/mol. The maximum absolute atomic E-state index is 10.2. The van der Waals surface area contributed by atoms with Gasteiger partial charge in [-0.3, -0.25) is 0 Å². The molecule has 2 aromatic carbocycles. The van der Waals surface area contributed by atoms with Crippen molar-refractivity contribution in [1.82, 2.24) is 0 Å². The van der Waals surface area contributed by atoms with E-state index in [9.17, 15) is 4.79 Å². The summed E-state index contributed by atoms with van der Waals surface area (Å²) >= 11 is 1.64. The Morgan fingerprint density at radius 2 is 1.71 bits per heavy atom. The molecule has 1 radical (unpaired) electrons. The third-order valence-electron chi connectivity index (χ3n) is 2.24. The molecule has 3 heteroatoms. The molecule has 0 N–H and O–H groups in total. The Balaban J connectivity index is 2.06. The first-order chi connectivity index (χ1) is 8.40. The van der Waals surface area contributed by atoms with Gasteiger partial charge >= 0.3 is 6.47 Å². The average Bonchev–Trinajstić information content (AvgIpc) is 2.39. The normalized spacial score (nSPS) is 9.88. The molecule has 17 heavy (non-hydrogen) atoms. The van der Waals surface area contributed by atoms with Gasteiger partial charge in [-0.25, -0.2) is 4.79 Å². The molecule has 2 rings (SSSR count). The molecule has 0 unspecified atom stereocenters. The van der Waals surface area contributed by atoms with Crippen molar-refractivity contribution in [2.45, 2.75) is 10.6 Å². The second kappa shape index (κ2) is 6.11. The quantitative estimate of drug-likeness (QED) is 0.753. The summed E-state index contributed by atoms with van der Waals surface area (Å²) in [6.45, 7) is 1.46. The van der Waals surface area contributed by atoms with Crippen LogP contribution in [0.15, 0.2) is 59.5 Å². The summed E-state index contributed by atoms with van der Waals surface area (Å²) in [6, 6.07) is 17.6. The van der Waals surface area contributed by atoms with Gasteiger partial charge < -0.3 is 4.74 Å². The topological polar surface area (TPSA) is 26.3 Å². The lowest BCUT2D eigenvalue weighted by Crippen LogP contribution is -1.90. The van der Waals surface area contributed by atoms with E-state index in [-0.39, 0.29) is 0 Å². The molecule has 0 saturated carbocycles. The van der Waals surface area contributed by atoms with Crippen molar-refractivity contribution in [1.29, 1.82) is 0 Å². The SMILES string of the molecule is O=[C]Oc1ccccc1SCc1ccccc1. The number of ether oxygens (including phenoxy) is 1. The minimum atomic E-state index is 0.559. The summed E-state index contributed by atoms with van der Waals surface area (Å²) in [5, 5.41) is 0. The zero-order chi connectivity index (χ0) is 11.9. The van der Waals surface area contributed by atoms with Crippen LogP contribution in [-0.4, -0.2) is 6.47 Å². The maximum Gasteiger partial charge on any atom is 0.423 e. The van der Waals surface area contributed by atoms with Crippen molar-refractivity contribution < 1.29 is 9.53 Å². The van der Waals surface area contributed by atoms with Crippen LogP contribution in [0, 0.1) is 0 Å². The fourth-order valence-electron chi connectivity index (χ4n) is 1.43. The van der Waals surface area contributed by atoms with E-state index in [0.717, 1.165) is 10.6 Å². The van der Waals surface area contributed by atoms with E-state index in [1.807, 2.05) is 36.4 Å². The van der Waals surface area contributed by atoms with Gasteiger partial charge in [0, 0.05) is 5.75 Å². The van der Waals surface area contributed by atoms with E-state index >= 15 is 0 Å². The van der Waals surface area contributed by atoms with Gasteiger partial charge in [0.2, 0.25) is 0 Å². The molecular formula is C14H11O2S. The third kappa shape index (κ3) is 3.36. The smallest absolute Gasteiger partial charge is 0.417 e. The number of hydrogen-bond donors (Lipinski definition) is 0. The lowest BCUT2D eigenvalue weighted by molar-refractivity contribution is 0.437. The van der Waals surface area contributed by atoms with E-state index < -0.39 is 0 Å². The Labute approximate surface area is 105 Å². The largest absolute Gasteiger partial charge is 0.423 e. The number of thioether (sulfide) groups is 1. The summed E-state index contributed by atoms with van der Waals surface area (Å²) in [7, 11) is 0. The van der Waals surface area contributed by atoms with Crippen LogP contribution in [0.25, 0.3) is 0 Å². The predicted octanol–water partition coefficient (Wildman–Crippen LogP) is 3.42. The van der Waals surface area contributed by atoms with Crippen molar-refractivity contribution in [3.8, 4) is 5.75 Å². The lowest BCUT2D eigenvalue weighted by atomic mass is 10.2. The fourth-order valence-corrected chi connectivity index (χ4v) is 2.38. The van der Waals surface area contributed by atoms with Gasteiger partial charge in [0.05, 0.1) is 4.90 Å². The zero-order valence-electron chi connectivity index (χ0n) is 9.13. The molecule has 85 valence electrons. The molecule has 0 aromatic heterocycles. The Bertz CT molecular complexity index is 483. The van der Waals surface area contributed by atoms with E-state index in [4.69, 9.17) is 4.74 Å². The number of rotatable bonds is 5. The minimum Gasteiger partial charge on any atom is -0.417 e. The molecule has 0 aliphatic rings. The van der Waals surface area contributed by atoms with Crippen LogP contribution < -0.4 is 4.74 Å². The lowest BCUT2D eigenvalue weighted by Gasteiger charge is -2.05. The standard InChI is InChI=1S/C14H11O2S/c15-11-16-13-8-4-5-9-14(13)17-10-12-6-2-1-3-7-12/h1-9H,10H2. The summed E-state index contributed by atoms with van der Waals surface area (Å²) in [5.74, 6) is 1.41. The van der Waals surface area contributed by atoms with Crippen molar-refractivity contribution in [2.24, 2.45) is 0 Å². The van der Waals surface area contributed by atoms with Gasteiger partial charge in [-0.05, 0) is 17.7 Å². The fraction of sp³-hybridized carbons (Fsp3) is 0.0714. The first-order valence-corrected chi connectivity index (χ1v) is 6.18. The van der Waals surface area contributed by atoms with E-state index in [2.05, 4.69) is 12.1 Å². The van der Waals surface area contributed by atoms with Gasteiger partial charge in [0.1, 0.15) is 5.75 Å². The molecule has 0 aliphatic carbocycles. The van der Waals surface area contributed by atoms with Crippen LogP contribution >= 0.6 is 11.8 Å². The summed E-state index contributed by atoms with van der Waals surface area (Å²) in [6.07, 6.45) is 0. The molecule has 2 nitrogen and oxygen atoms in total. The molecule has 0 fully saturated rings. The van der Waals surface area contributed by atoms with Crippen molar-refractivity contribution in [3.05, 3.63) is 60.2 Å². The Hall–Kier alpha value is -1.74. The van der Waals surface area contributed by atoms with Crippen LogP contribution in [-0.2, 0) is 10.5 Å². The second-order valence-corrected chi connectivity index (χ2v) is 4.42. The van der Waals surface area contributed by atoms with Crippen molar-refractivity contribution in [2.75, 3.05) is 0 Å². The highest BCUT2D eigenvalue weighted by Gasteiger charge is 2.03. The molecule has 0 heterocycles.